The van der Waals surface area contributed by atoms with Crippen LogP contribution in [0.1, 0.15) is 31.6 Å². The molecule has 0 aromatic carbocycles. The van der Waals surface area contributed by atoms with E-state index in [9.17, 15) is 0 Å². The number of nitrogens with one attached hydrogen (secondary N) is 2. The molecule has 16 heavy (non-hydrogen) atoms. The third-order valence-electron chi connectivity index (χ3n) is 3.48. The highest BCUT2D eigenvalue weighted by molar-refractivity contribution is 4.93. The van der Waals surface area contributed by atoms with Crippen molar-refractivity contribution in [3.63, 3.8) is 0 Å². The lowest BCUT2D eigenvalue weighted by Gasteiger charge is -2.29. The normalized spacial score (nSPS) is 21.1. The Bertz CT molecular complexity index is 288. The zero-order valence-corrected chi connectivity index (χ0v) is 10.2. The molecule has 1 aliphatic heterocycles. The second-order valence-corrected chi connectivity index (χ2v) is 4.85. The summed E-state index contributed by atoms with van der Waals surface area (Å²) in [6, 6.07) is 0.328. The minimum absolute atomic E-state index is 0.328. The van der Waals surface area contributed by atoms with Crippen LogP contribution in [0.25, 0.3) is 0 Å². The molecule has 4 heteroatoms. The van der Waals surface area contributed by atoms with E-state index < -0.39 is 0 Å². The van der Waals surface area contributed by atoms with Crippen LogP contribution in [0.3, 0.4) is 0 Å². The zero-order chi connectivity index (χ0) is 11.4. The van der Waals surface area contributed by atoms with E-state index in [1.165, 1.54) is 25.9 Å². The summed E-state index contributed by atoms with van der Waals surface area (Å²) in [5.41, 5.74) is 0. The van der Waals surface area contributed by atoms with Crippen molar-refractivity contribution in [1.29, 1.82) is 0 Å². The molecule has 1 aromatic rings. The van der Waals surface area contributed by atoms with Gasteiger partial charge in [-0.2, -0.15) is 0 Å². The number of hydrogen-bond donors (Lipinski definition) is 2. The third-order valence-corrected chi connectivity index (χ3v) is 3.48. The van der Waals surface area contributed by atoms with Gasteiger partial charge in [-0.25, -0.2) is 4.98 Å². The fourth-order valence-electron chi connectivity index (χ4n) is 2.22. The van der Waals surface area contributed by atoms with Gasteiger partial charge < -0.3 is 15.2 Å². The first-order chi connectivity index (χ1) is 7.75. The molecular formula is C12H22N4. The van der Waals surface area contributed by atoms with Crippen molar-refractivity contribution >= 4 is 0 Å². The first kappa shape index (κ1) is 11.6. The minimum atomic E-state index is 0.328. The molecule has 90 valence electrons. The number of rotatable bonds is 4. The van der Waals surface area contributed by atoms with Gasteiger partial charge in [0.05, 0.1) is 6.04 Å². The number of imidazole rings is 1. The first-order valence-electron chi connectivity index (χ1n) is 6.17. The van der Waals surface area contributed by atoms with E-state index >= 15 is 0 Å². The lowest BCUT2D eigenvalue weighted by molar-refractivity contribution is 0.213. The van der Waals surface area contributed by atoms with Gasteiger partial charge in [0.25, 0.3) is 0 Å². The van der Waals surface area contributed by atoms with Crippen LogP contribution in [-0.4, -0.2) is 41.5 Å². The van der Waals surface area contributed by atoms with Gasteiger partial charge in [-0.3, -0.25) is 0 Å². The summed E-state index contributed by atoms with van der Waals surface area (Å²) in [5, 5.41) is 3.56. The lowest BCUT2D eigenvalue weighted by Crippen LogP contribution is -2.35. The summed E-state index contributed by atoms with van der Waals surface area (Å²) in [6.45, 7) is 5.74. The van der Waals surface area contributed by atoms with Crippen LogP contribution in [-0.2, 0) is 0 Å². The van der Waals surface area contributed by atoms with Gasteiger partial charge in [0, 0.05) is 12.4 Å². The van der Waals surface area contributed by atoms with Crippen molar-refractivity contribution in [3.8, 4) is 0 Å². The van der Waals surface area contributed by atoms with Crippen LogP contribution in [0.5, 0.6) is 0 Å². The van der Waals surface area contributed by atoms with Crippen LogP contribution in [0, 0.1) is 5.92 Å². The average molecular weight is 222 g/mol. The molecule has 0 bridgehead atoms. The smallest absolute Gasteiger partial charge is 0.122 e. The van der Waals surface area contributed by atoms with Crippen LogP contribution >= 0.6 is 0 Å². The standard InChI is InChI=1S/C12H22N4/c1-10(12-13-5-6-14-12)15-9-11-3-7-16(2)8-4-11/h5-6,10-11,15H,3-4,7-9H2,1-2H3,(H,13,14). The Kier molecular flexibility index (Phi) is 3.96. The number of aromatic nitrogens is 2. The van der Waals surface area contributed by atoms with Gasteiger partial charge in [-0.1, -0.05) is 0 Å². The van der Waals surface area contributed by atoms with E-state index in [2.05, 4.69) is 34.2 Å². The fraction of sp³-hybridized carbons (Fsp3) is 0.750. The summed E-state index contributed by atoms with van der Waals surface area (Å²) in [7, 11) is 2.20. The quantitative estimate of drug-likeness (QED) is 0.809. The number of nitrogens with zero attached hydrogens (tertiary/aromatic N) is 2. The van der Waals surface area contributed by atoms with Crippen LogP contribution in [0.2, 0.25) is 0 Å². The Morgan fingerprint density at radius 3 is 2.94 bits per heavy atom. The second kappa shape index (κ2) is 5.46. The number of likely N-dealkylation sites (tertiary alicyclic amines) is 1. The predicted octanol–water partition coefficient (Wildman–Crippen LogP) is 1.40. The molecule has 2 heterocycles. The van der Waals surface area contributed by atoms with E-state index in [0.717, 1.165) is 18.3 Å². The highest BCUT2D eigenvalue weighted by atomic mass is 15.1. The van der Waals surface area contributed by atoms with Gasteiger partial charge >= 0.3 is 0 Å². The molecule has 4 nitrogen and oxygen atoms in total. The molecule has 0 amide bonds. The highest BCUT2D eigenvalue weighted by Crippen LogP contribution is 2.16. The SMILES string of the molecule is CC(NCC1CCN(C)CC1)c1ncc[nH]1. The number of H-pyrrole nitrogens is 1. The van der Waals surface area contributed by atoms with Gasteiger partial charge in [-0.15, -0.1) is 0 Å². The van der Waals surface area contributed by atoms with Gasteiger partial charge in [-0.05, 0) is 52.4 Å². The Labute approximate surface area is 97.4 Å². The molecule has 1 unspecified atom stereocenters. The largest absolute Gasteiger partial charge is 0.347 e. The number of hydrogen-bond acceptors (Lipinski definition) is 3. The van der Waals surface area contributed by atoms with Crippen molar-refractivity contribution in [2.24, 2.45) is 5.92 Å². The molecule has 2 N–H and O–H groups in total. The van der Waals surface area contributed by atoms with Gasteiger partial charge in [0.2, 0.25) is 0 Å². The fourth-order valence-corrected chi connectivity index (χ4v) is 2.22. The van der Waals surface area contributed by atoms with Crippen molar-refractivity contribution in [1.82, 2.24) is 20.2 Å². The van der Waals surface area contributed by atoms with Gasteiger partial charge in [0.1, 0.15) is 5.82 Å². The molecule has 2 rings (SSSR count). The number of aromatic amines is 1. The molecule has 0 radical (unpaired) electrons. The average Bonchev–Trinajstić information content (AvgIpc) is 2.81. The molecule has 0 aliphatic carbocycles. The van der Waals surface area contributed by atoms with Crippen LogP contribution in [0.4, 0.5) is 0 Å². The first-order valence-corrected chi connectivity index (χ1v) is 6.17. The van der Waals surface area contributed by atoms with E-state index in [-0.39, 0.29) is 0 Å². The highest BCUT2D eigenvalue weighted by Gasteiger charge is 2.17. The topological polar surface area (TPSA) is 44.0 Å². The van der Waals surface area contributed by atoms with Crippen molar-refractivity contribution in [2.45, 2.75) is 25.8 Å². The summed E-state index contributed by atoms with van der Waals surface area (Å²) >= 11 is 0. The molecule has 1 aliphatic rings. The maximum Gasteiger partial charge on any atom is 0.122 e. The Balaban J connectivity index is 1.71. The molecular weight excluding hydrogens is 200 g/mol. The minimum Gasteiger partial charge on any atom is -0.347 e. The Morgan fingerprint density at radius 2 is 2.31 bits per heavy atom. The second-order valence-electron chi connectivity index (χ2n) is 4.85. The van der Waals surface area contributed by atoms with E-state index in [1.54, 1.807) is 0 Å². The molecule has 1 fully saturated rings. The zero-order valence-electron chi connectivity index (χ0n) is 10.2. The van der Waals surface area contributed by atoms with Gasteiger partial charge in [0.15, 0.2) is 0 Å². The van der Waals surface area contributed by atoms with Crippen molar-refractivity contribution in [3.05, 3.63) is 18.2 Å². The summed E-state index contributed by atoms with van der Waals surface area (Å²) < 4.78 is 0. The summed E-state index contributed by atoms with van der Waals surface area (Å²) in [6.07, 6.45) is 6.31. The van der Waals surface area contributed by atoms with E-state index in [0.29, 0.717) is 6.04 Å². The third kappa shape index (κ3) is 3.06. The summed E-state index contributed by atoms with van der Waals surface area (Å²) in [4.78, 5) is 9.82. The Morgan fingerprint density at radius 1 is 1.56 bits per heavy atom. The molecule has 0 saturated carbocycles. The maximum atomic E-state index is 4.27. The Hall–Kier alpha value is -0.870. The van der Waals surface area contributed by atoms with Crippen LogP contribution < -0.4 is 5.32 Å². The monoisotopic (exact) mass is 222 g/mol. The lowest BCUT2D eigenvalue weighted by atomic mass is 9.97. The van der Waals surface area contributed by atoms with Crippen molar-refractivity contribution in [2.75, 3.05) is 26.7 Å². The van der Waals surface area contributed by atoms with Crippen LogP contribution in [0.15, 0.2) is 12.4 Å². The summed E-state index contributed by atoms with van der Waals surface area (Å²) in [5.74, 6) is 1.86. The number of piperidine rings is 1. The van der Waals surface area contributed by atoms with Crippen molar-refractivity contribution < 1.29 is 0 Å². The molecule has 1 atom stereocenters. The molecule has 0 spiro atoms. The molecule has 1 saturated heterocycles. The van der Waals surface area contributed by atoms with E-state index in [4.69, 9.17) is 0 Å². The maximum absolute atomic E-state index is 4.27. The van der Waals surface area contributed by atoms with E-state index in [1.807, 2.05) is 12.4 Å². The molecule has 1 aromatic heterocycles. The predicted molar refractivity (Wildman–Crippen MR) is 65.2 cm³/mol.